The maximum Gasteiger partial charge on any atom is 0.235 e. The monoisotopic (exact) mass is 751 g/mol. The third-order valence-corrected chi connectivity index (χ3v) is 12.2. The van der Waals surface area contributed by atoms with Crippen molar-refractivity contribution in [2.45, 2.75) is 0 Å². The van der Waals surface area contributed by atoms with Gasteiger partial charge < -0.3 is 9.13 Å². The molecule has 0 radical (unpaired) electrons. The van der Waals surface area contributed by atoms with Crippen LogP contribution in [0.2, 0.25) is 0 Å². The molecular weight excluding hydrogens is 719 g/mol. The van der Waals surface area contributed by atoms with E-state index in [-0.39, 0.29) is 0 Å². The van der Waals surface area contributed by atoms with E-state index >= 15 is 0 Å². The van der Waals surface area contributed by atoms with Crippen molar-refractivity contribution in [2.75, 3.05) is 0 Å². The third kappa shape index (κ3) is 4.55. The molecule has 4 aromatic heterocycles. The summed E-state index contributed by atoms with van der Waals surface area (Å²) in [4.78, 5) is 10.6. The lowest BCUT2D eigenvalue weighted by Crippen LogP contribution is -2.03. The summed E-state index contributed by atoms with van der Waals surface area (Å²) < 4.78 is 7.16. The summed E-state index contributed by atoms with van der Waals surface area (Å²) in [6.07, 6.45) is 0. The van der Waals surface area contributed by atoms with Crippen LogP contribution in [-0.4, -0.2) is 23.7 Å². The van der Waals surface area contributed by atoms with Gasteiger partial charge in [-0.2, -0.15) is 0 Å². The second-order valence-electron chi connectivity index (χ2n) is 15.4. The number of hydrogen-bond acceptors (Lipinski definition) is 2. The first-order valence-electron chi connectivity index (χ1n) is 20.1. The number of fused-ring (bicyclic) bond motifs is 12. The fraction of sp³-hybridized carbons (Fsp3) is 0. The first kappa shape index (κ1) is 32.1. The van der Waals surface area contributed by atoms with Crippen molar-refractivity contribution in [1.82, 2.24) is 23.7 Å². The van der Waals surface area contributed by atoms with Crippen LogP contribution in [0.25, 0.3) is 116 Å². The molecule has 274 valence electrons. The molecule has 59 heavy (non-hydrogen) atoms. The maximum absolute atomic E-state index is 5.36. The Morgan fingerprint density at radius 2 is 0.864 bits per heavy atom. The molecule has 0 aliphatic carbocycles. The molecule has 0 saturated carbocycles. The Balaban J connectivity index is 1.12. The van der Waals surface area contributed by atoms with Crippen LogP contribution in [0.15, 0.2) is 200 Å². The van der Waals surface area contributed by atoms with Crippen LogP contribution in [0.5, 0.6) is 0 Å². The molecule has 0 bridgehead atoms. The average molecular weight is 752 g/mol. The van der Waals surface area contributed by atoms with Crippen LogP contribution < -0.4 is 0 Å². The summed E-state index contributed by atoms with van der Waals surface area (Å²) in [5.74, 6) is 0.649. The van der Waals surface area contributed by atoms with Crippen LogP contribution in [0.4, 0.5) is 0 Å². The van der Waals surface area contributed by atoms with E-state index in [2.05, 4.69) is 208 Å². The van der Waals surface area contributed by atoms with Gasteiger partial charge >= 0.3 is 0 Å². The minimum Gasteiger partial charge on any atom is -0.309 e. The van der Waals surface area contributed by atoms with Gasteiger partial charge in [0, 0.05) is 49.0 Å². The summed E-state index contributed by atoms with van der Waals surface area (Å²) in [7, 11) is 0. The van der Waals surface area contributed by atoms with Gasteiger partial charge in [0.2, 0.25) is 5.95 Å². The van der Waals surface area contributed by atoms with Crippen molar-refractivity contribution in [2.24, 2.45) is 0 Å². The first-order chi connectivity index (χ1) is 29.3. The highest BCUT2D eigenvalue weighted by atomic mass is 15.2. The molecule has 5 heteroatoms. The zero-order chi connectivity index (χ0) is 38.6. The Morgan fingerprint density at radius 1 is 0.322 bits per heavy atom. The molecule has 0 aliphatic heterocycles. The summed E-state index contributed by atoms with van der Waals surface area (Å²) in [5.41, 5.74) is 12.0. The Labute approximate surface area is 338 Å². The van der Waals surface area contributed by atoms with Gasteiger partial charge in [0.15, 0.2) is 0 Å². The number of aromatic nitrogens is 5. The summed E-state index contributed by atoms with van der Waals surface area (Å²) in [6, 6.07) is 71.8. The van der Waals surface area contributed by atoms with Gasteiger partial charge in [-0.3, -0.25) is 4.57 Å². The van der Waals surface area contributed by atoms with E-state index in [4.69, 9.17) is 9.97 Å². The molecule has 0 spiro atoms. The lowest BCUT2D eigenvalue weighted by molar-refractivity contribution is 1.01. The smallest absolute Gasteiger partial charge is 0.235 e. The van der Waals surface area contributed by atoms with Crippen molar-refractivity contribution >= 4 is 87.1 Å². The average Bonchev–Trinajstić information content (AvgIpc) is 3.94. The van der Waals surface area contributed by atoms with E-state index in [0.717, 1.165) is 66.4 Å². The quantitative estimate of drug-likeness (QED) is 0.180. The minimum absolute atomic E-state index is 0.649. The van der Waals surface area contributed by atoms with Crippen molar-refractivity contribution < 1.29 is 0 Å². The van der Waals surface area contributed by atoms with E-state index in [1.165, 1.54) is 43.4 Å². The molecule has 9 aromatic carbocycles. The van der Waals surface area contributed by atoms with Crippen LogP contribution in [0.3, 0.4) is 0 Å². The largest absolute Gasteiger partial charge is 0.309 e. The SMILES string of the molecule is c1ccc(-c2nc(-n3c4ccccc4c4c(-n5c6ccccc6c6c7c8ccccc8n(-c8ccc9ccccc9c8)c7ccc65)cccc43)nc3ccccc23)cc1. The van der Waals surface area contributed by atoms with Gasteiger partial charge in [-0.05, 0) is 71.4 Å². The lowest BCUT2D eigenvalue weighted by Gasteiger charge is -2.13. The molecular formula is C54H33N5. The van der Waals surface area contributed by atoms with Crippen molar-refractivity contribution in [3.05, 3.63) is 200 Å². The van der Waals surface area contributed by atoms with Gasteiger partial charge in [-0.15, -0.1) is 0 Å². The van der Waals surface area contributed by atoms with Gasteiger partial charge in [0.25, 0.3) is 0 Å². The maximum atomic E-state index is 5.36. The van der Waals surface area contributed by atoms with Crippen LogP contribution in [0, 0.1) is 0 Å². The van der Waals surface area contributed by atoms with E-state index in [1.807, 2.05) is 6.07 Å². The number of benzene rings is 9. The second kappa shape index (κ2) is 12.2. The Morgan fingerprint density at radius 3 is 1.61 bits per heavy atom. The number of nitrogens with zero attached hydrogens (tertiary/aromatic N) is 5. The standard InChI is InChI=1S/C54H33N5/c1-2-16-35(17-3-1)53-38-19-6-10-23-42(38)55-54(56-53)59-45-26-13-7-20-39(45)50-46(27-14-28-47(50)59)58-44-25-12-9-22-41(44)52-49(58)32-31-48-51(52)40-21-8-11-24-43(40)57(48)37-30-29-34-15-4-5-18-36(34)33-37/h1-33H. The van der Waals surface area contributed by atoms with Gasteiger partial charge in [0.1, 0.15) is 0 Å². The van der Waals surface area contributed by atoms with Crippen molar-refractivity contribution in [1.29, 1.82) is 0 Å². The summed E-state index contributed by atoms with van der Waals surface area (Å²) >= 11 is 0. The van der Waals surface area contributed by atoms with Crippen molar-refractivity contribution in [3.63, 3.8) is 0 Å². The molecule has 0 unspecified atom stereocenters. The molecule has 0 N–H and O–H groups in total. The minimum atomic E-state index is 0.649. The predicted octanol–water partition coefficient (Wildman–Crippen LogP) is 13.7. The molecule has 0 aliphatic rings. The zero-order valence-electron chi connectivity index (χ0n) is 31.8. The molecule has 0 atom stereocenters. The highest BCUT2D eigenvalue weighted by Crippen LogP contribution is 2.45. The van der Waals surface area contributed by atoms with Gasteiger partial charge in [-0.25, -0.2) is 9.97 Å². The summed E-state index contributed by atoms with van der Waals surface area (Å²) in [5, 5.41) is 10.8. The predicted molar refractivity (Wildman–Crippen MR) is 245 cm³/mol. The molecule has 4 heterocycles. The fourth-order valence-electron chi connectivity index (χ4n) is 9.75. The lowest BCUT2D eigenvalue weighted by atomic mass is 10.1. The van der Waals surface area contributed by atoms with E-state index in [9.17, 15) is 0 Å². The number of hydrogen-bond donors (Lipinski definition) is 0. The van der Waals surface area contributed by atoms with E-state index < -0.39 is 0 Å². The molecule has 5 nitrogen and oxygen atoms in total. The van der Waals surface area contributed by atoms with Crippen LogP contribution >= 0.6 is 0 Å². The highest BCUT2D eigenvalue weighted by molar-refractivity contribution is 6.29. The van der Waals surface area contributed by atoms with Crippen LogP contribution in [-0.2, 0) is 0 Å². The Hall–Kier alpha value is -8.02. The Kier molecular flexibility index (Phi) is 6.66. The van der Waals surface area contributed by atoms with E-state index in [0.29, 0.717) is 5.95 Å². The van der Waals surface area contributed by atoms with Gasteiger partial charge in [-0.1, -0.05) is 140 Å². The summed E-state index contributed by atoms with van der Waals surface area (Å²) in [6.45, 7) is 0. The van der Waals surface area contributed by atoms with E-state index in [1.54, 1.807) is 0 Å². The molecule has 0 amide bonds. The fourth-order valence-corrected chi connectivity index (χ4v) is 9.75. The number of rotatable bonds is 4. The highest BCUT2D eigenvalue weighted by Gasteiger charge is 2.24. The normalized spacial score (nSPS) is 12.1. The Bertz CT molecular complexity index is 3850. The topological polar surface area (TPSA) is 40.6 Å². The third-order valence-electron chi connectivity index (χ3n) is 12.2. The zero-order valence-corrected chi connectivity index (χ0v) is 31.8. The van der Waals surface area contributed by atoms with Crippen molar-refractivity contribution in [3.8, 4) is 28.6 Å². The first-order valence-corrected chi connectivity index (χ1v) is 20.1. The van der Waals surface area contributed by atoms with Crippen LogP contribution in [0.1, 0.15) is 0 Å². The molecule has 0 saturated heterocycles. The second-order valence-corrected chi connectivity index (χ2v) is 15.4. The molecule has 0 fully saturated rings. The molecule has 13 rings (SSSR count). The van der Waals surface area contributed by atoms with Gasteiger partial charge in [0.05, 0.1) is 50.0 Å². The molecule has 13 aromatic rings. The number of para-hydroxylation sites is 4.